The molecule has 0 bridgehead atoms. The Labute approximate surface area is 145 Å². The predicted molar refractivity (Wildman–Crippen MR) is 95.8 cm³/mol. The second-order valence-corrected chi connectivity index (χ2v) is 5.54. The number of hydrogen-bond donors (Lipinski definition) is 0. The zero-order valence-electron chi connectivity index (χ0n) is 13.7. The van der Waals surface area contributed by atoms with Gasteiger partial charge in [0.15, 0.2) is 0 Å². The van der Waals surface area contributed by atoms with Gasteiger partial charge in [-0.1, -0.05) is 0 Å². The number of aryl methyl sites for hydroxylation is 1. The molecule has 6 heteroatoms. The molecule has 3 aromatic rings. The quantitative estimate of drug-likeness (QED) is 0.675. The molecule has 24 heavy (non-hydrogen) atoms. The van der Waals surface area contributed by atoms with Crippen molar-refractivity contribution in [2.24, 2.45) is 7.05 Å². The summed E-state index contributed by atoms with van der Waals surface area (Å²) >= 11 is 5.28. The van der Waals surface area contributed by atoms with Crippen molar-refractivity contribution in [2.75, 3.05) is 14.2 Å². The van der Waals surface area contributed by atoms with E-state index in [4.69, 9.17) is 21.7 Å². The Balaban J connectivity index is 2.16. The summed E-state index contributed by atoms with van der Waals surface area (Å²) in [7, 11) is 5.07. The SMILES string of the molecule is COc1ccc(-c2nc(=S)n(C)nc2-c2ccc(OC)cc2)cc1. The van der Waals surface area contributed by atoms with E-state index in [-0.39, 0.29) is 0 Å². The van der Waals surface area contributed by atoms with E-state index in [2.05, 4.69) is 10.1 Å². The molecule has 0 aliphatic rings. The third-order valence-electron chi connectivity index (χ3n) is 3.69. The molecule has 0 saturated carbocycles. The highest BCUT2D eigenvalue weighted by atomic mass is 32.1. The molecule has 122 valence electrons. The second kappa shape index (κ2) is 6.80. The minimum atomic E-state index is 0.429. The van der Waals surface area contributed by atoms with Gasteiger partial charge in [-0.2, -0.15) is 5.10 Å². The molecular formula is C18H17N3O2S. The molecule has 0 amide bonds. The van der Waals surface area contributed by atoms with Crippen LogP contribution in [0.15, 0.2) is 48.5 Å². The number of hydrogen-bond acceptors (Lipinski definition) is 5. The van der Waals surface area contributed by atoms with Gasteiger partial charge in [0.25, 0.3) is 0 Å². The van der Waals surface area contributed by atoms with Crippen molar-refractivity contribution in [1.82, 2.24) is 14.8 Å². The maximum atomic E-state index is 5.28. The topological polar surface area (TPSA) is 49.2 Å². The Morgan fingerprint density at radius 1 is 0.792 bits per heavy atom. The summed E-state index contributed by atoms with van der Waals surface area (Å²) < 4.78 is 12.5. The third-order valence-corrected chi connectivity index (χ3v) is 4.04. The molecule has 5 nitrogen and oxygen atoms in total. The fraction of sp³-hybridized carbons (Fsp3) is 0.167. The van der Waals surface area contributed by atoms with Crippen LogP contribution in [0.4, 0.5) is 0 Å². The summed E-state index contributed by atoms with van der Waals surface area (Å²) in [6.45, 7) is 0. The molecule has 0 N–H and O–H groups in total. The van der Waals surface area contributed by atoms with Crippen LogP contribution in [0, 0.1) is 4.77 Å². The summed E-state index contributed by atoms with van der Waals surface area (Å²) in [6, 6.07) is 15.4. The highest BCUT2D eigenvalue weighted by molar-refractivity contribution is 7.71. The van der Waals surface area contributed by atoms with Crippen LogP contribution in [0.25, 0.3) is 22.5 Å². The fourth-order valence-corrected chi connectivity index (χ4v) is 2.49. The molecule has 2 aromatic carbocycles. The summed E-state index contributed by atoms with van der Waals surface area (Å²) in [5.74, 6) is 1.58. The Hall–Kier alpha value is -2.73. The van der Waals surface area contributed by atoms with Crippen molar-refractivity contribution in [3.05, 3.63) is 53.3 Å². The average Bonchev–Trinajstić information content (AvgIpc) is 2.64. The van der Waals surface area contributed by atoms with Crippen LogP contribution in [0.3, 0.4) is 0 Å². The molecule has 3 rings (SSSR count). The molecule has 0 fully saturated rings. The highest BCUT2D eigenvalue weighted by Crippen LogP contribution is 2.30. The molecule has 0 saturated heterocycles. The second-order valence-electron chi connectivity index (χ2n) is 5.17. The molecule has 1 heterocycles. The Kier molecular flexibility index (Phi) is 4.57. The van der Waals surface area contributed by atoms with E-state index in [1.54, 1.807) is 25.9 Å². The zero-order chi connectivity index (χ0) is 17.1. The Morgan fingerprint density at radius 2 is 1.25 bits per heavy atom. The van der Waals surface area contributed by atoms with Gasteiger partial charge in [0.1, 0.15) is 22.9 Å². The van der Waals surface area contributed by atoms with E-state index in [0.717, 1.165) is 34.0 Å². The fourth-order valence-electron chi connectivity index (χ4n) is 2.35. The largest absolute Gasteiger partial charge is 0.497 e. The van der Waals surface area contributed by atoms with E-state index in [0.29, 0.717) is 4.77 Å². The van der Waals surface area contributed by atoms with Crippen LogP contribution < -0.4 is 9.47 Å². The molecule has 0 radical (unpaired) electrons. The molecule has 0 spiro atoms. The average molecular weight is 339 g/mol. The van der Waals surface area contributed by atoms with Crippen molar-refractivity contribution in [1.29, 1.82) is 0 Å². The van der Waals surface area contributed by atoms with E-state index in [1.807, 2.05) is 48.5 Å². The minimum absolute atomic E-state index is 0.429. The zero-order valence-corrected chi connectivity index (χ0v) is 14.5. The van der Waals surface area contributed by atoms with Crippen molar-refractivity contribution >= 4 is 12.2 Å². The summed E-state index contributed by atoms with van der Waals surface area (Å²) in [6.07, 6.45) is 0. The molecule has 1 aromatic heterocycles. The maximum Gasteiger partial charge on any atom is 0.216 e. The highest BCUT2D eigenvalue weighted by Gasteiger charge is 2.13. The molecule has 0 unspecified atom stereocenters. The first kappa shape index (κ1) is 16.1. The van der Waals surface area contributed by atoms with E-state index >= 15 is 0 Å². The van der Waals surface area contributed by atoms with Crippen LogP contribution >= 0.6 is 12.2 Å². The van der Waals surface area contributed by atoms with Crippen LogP contribution in [0.2, 0.25) is 0 Å². The van der Waals surface area contributed by atoms with Crippen molar-refractivity contribution in [3.8, 4) is 34.0 Å². The monoisotopic (exact) mass is 339 g/mol. The van der Waals surface area contributed by atoms with Crippen LogP contribution in [-0.2, 0) is 7.05 Å². The van der Waals surface area contributed by atoms with Crippen LogP contribution in [-0.4, -0.2) is 29.0 Å². The lowest BCUT2D eigenvalue weighted by molar-refractivity contribution is 0.414. The lowest BCUT2D eigenvalue weighted by Crippen LogP contribution is -2.05. The van der Waals surface area contributed by atoms with E-state index < -0.39 is 0 Å². The molecule has 0 atom stereocenters. The molecule has 0 aliphatic heterocycles. The number of nitrogens with zero attached hydrogens (tertiary/aromatic N) is 3. The minimum Gasteiger partial charge on any atom is -0.497 e. The standard InChI is InChI=1S/C18H17N3O2S/c1-21-18(24)19-16(12-4-8-14(22-2)9-5-12)17(20-21)13-6-10-15(23-3)11-7-13/h4-11H,1-3H3. The van der Waals surface area contributed by atoms with Gasteiger partial charge in [0, 0.05) is 18.2 Å². The van der Waals surface area contributed by atoms with Gasteiger partial charge in [-0.15, -0.1) is 0 Å². The predicted octanol–water partition coefficient (Wildman–Crippen LogP) is 3.90. The van der Waals surface area contributed by atoms with Gasteiger partial charge in [-0.25, -0.2) is 9.67 Å². The van der Waals surface area contributed by atoms with Crippen molar-refractivity contribution in [2.45, 2.75) is 0 Å². The van der Waals surface area contributed by atoms with Crippen molar-refractivity contribution in [3.63, 3.8) is 0 Å². The number of aromatic nitrogens is 3. The molecule has 0 aliphatic carbocycles. The van der Waals surface area contributed by atoms with Gasteiger partial charge in [0.2, 0.25) is 4.77 Å². The lowest BCUT2D eigenvalue weighted by atomic mass is 10.0. The van der Waals surface area contributed by atoms with E-state index in [9.17, 15) is 0 Å². The number of rotatable bonds is 4. The van der Waals surface area contributed by atoms with Crippen LogP contribution in [0.5, 0.6) is 11.5 Å². The summed E-state index contributed by atoms with van der Waals surface area (Å²) in [4.78, 5) is 4.56. The first-order valence-corrected chi connectivity index (χ1v) is 7.77. The van der Waals surface area contributed by atoms with Gasteiger partial charge < -0.3 is 9.47 Å². The number of benzene rings is 2. The lowest BCUT2D eigenvalue weighted by Gasteiger charge is -2.11. The van der Waals surface area contributed by atoms with Gasteiger partial charge in [0.05, 0.1) is 14.2 Å². The van der Waals surface area contributed by atoms with Gasteiger partial charge in [-0.3, -0.25) is 0 Å². The third kappa shape index (κ3) is 3.14. The summed E-state index contributed by atoms with van der Waals surface area (Å²) in [5, 5.41) is 4.60. The maximum absolute atomic E-state index is 5.28. The van der Waals surface area contributed by atoms with Crippen LogP contribution in [0.1, 0.15) is 0 Å². The molecular weight excluding hydrogens is 322 g/mol. The number of methoxy groups -OCH3 is 2. The first-order chi connectivity index (χ1) is 11.6. The first-order valence-electron chi connectivity index (χ1n) is 7.36. The van der Waals surface area contributed by atoms with E-state index in [1.165, 1.54) is 0 Å². The summed E-state index contributed by atoms with van der Waals surface area (Å²) in [5.41, 5.74) is 3.38. The Morgan fingerprint density at radius 3 is 1.71 bits per heavy atom. The Bertz CT molecular complexity index is 903. The van der Waals surface area contributed by atoms with Gasteiger partial charge >= 0.3 is 0 Å². The number of ether oxygens (including phenoxy) is 2. The normalized spacial score (nSPS) is 10.5. The van der Waals surface area contributed by atoms with Crippen molar-refractivity contribution < 1.29 is 9.47 Å². The van der Waals surface area contributed by atoms with Gasteiger partial charge in [-0.05, 0) is 60.7 Å². The smallest absolute Gasteiger partial charge is 0.216 e.